The van der Waals surface area contributed by atoms with Crippen molar-refractivity contribution in [3.63, 3.8) is 0 Å². The largest absolute Gasteiger partial charge is 0.403 e. The zero-order chi connectivity index (χ0) is 14.9. The first-order valence-corrected chi connectivity index (χ1v) is 6.66. The molecule has 1 fully saturated rings. The van der Waals surface area contributed by atoms with Crippen molar-refractivity contribution in [2.45, 2.75) is 44.9 Å². The molecule has 2 heterocycles. The number of hydrogen-bond donors (Lipinski definition) is 1. The summed E-state index contributed by atoms with van der Waals surface area (Å²) in [6, 6.07) is 0.465. The average molecular weight is 288 g/mol. The zero-order valence-electron chi connectivity index (χ0n) is 11.8. The smallest absolute Gasteiger partial charge is 0.365 e. The molecule has 1 aliphatic heterocycles. The van der Waals surface area contributed by atoms with Crippen LogP contribution in [0.5, 0.6) is 0 Å². The number of rotatable bonds is 4. The molecular weight excluding hydrogens is 269 g/mol. The Morgan fingerprint density at radius 2 is 1.90 bits per heavy atom. The molecule has 0 spiro atoms. The van der Waals surface area contributed by atoms with Gasteiger partial charge in [0, 0.05) is 24.8 Å². The summed E-state index contributed by atoms with van der Waals surface area (Å²) in [6.07, 6.45) is -2.68. The lowest BCUT2D eigenvalue weighted by Crippen LogP contribution is -2.61. The van der Waals surface area contributed by atoms with E-state index < -0.39 is 12.2 Å². The van der Waals surface area contributed by atoms with Gasteiger partial charge in [0.2, 0.25) is 0 Å². The highest BCUT2D eigenvalue weighted by Crippen LogP contribution is 2.28. The highest BCUT2D eigenvalue weighted by atomic mass is 19.4. The second-order valence-electron chi connectivity index (χ2n) is 5.50. The minimum Gasteiger partial charge on any atom is -0.365 e. The predicted molar refractivity (Wildman–Crippen MR) is 70.6 cm³/mol. The molecule has 20 heavy (non-hydrogen) atoms. The third kappa shape index (κ3) is 3.39. The molecule has 1 N–H and O–H groups in total. The Hall–Kier alpha value is -1.37. The molecule has 112 valence electrons. The van der Waals surface area contributed by atoms with Crippen LogP contribution >= 0.6 is 0 Å². The minimum absolute atomic E-state index is 0.00899. The van der Waals surface area contributed by atoms with Gasteiger partial charge in [0.25, 0.3) is 0 Å². The zero-order valence-corrected chi connectivity index (χ0v) is 11.8. The molecule has 0 radical (unpaired) electrons. The van der Waals surface area contributed by atoms with E-state index in [0.29, 0.717) is 24.8 Å². The molecule has 0 bridgehead atoms. The maximum absolute atomic E-state index is 12.5. The Labute approximate surface area is 116 Å². The first-order chi connectivity index (χ1) is 9.27. The summed E-state index contributed by atoms with van der Waals surface area (Å²) in [4.78, 5) is 9.66. The number of likely N-dealkylation sites (tertiary alicyclic amines) is 1. The van der Waals surface area contributed by atoms with Crippen molar-refractivity contribution in [3.05, 3.63) is 18.1 Å². The fraction of sp³-hybridized carbons (Fsp3) is 0.692. The molecule has 0 unspecified atom stereocenters. The van der Waals surface area contributed by atoms with E-state index >= 15 is 0 Å². The monoisotopic (exact) mass is 288 g/mol. The summed E-state index contributed by atoms with van der Waals surface area (Å²) in [7, 11) is 0. The highest BCUT2D eigenvalue weighted by molar-refractivity contribution is 5.37. The number of halogens is 3. The minimum atomic E-state index is -4.16. The van der Waals surface area contributed by atoms with Crippen LogP contribution in [0.1, 0.15) is 32.4 Å². The Morgan fingerprint density at radius 1 is 1.25 bits per heavy atom. The lowest BCUT2D eigenvalue weighted by Gasteiger charge is -2.43. The van der Waals surface area contributed by atoms with Gasteiger partial charge in [0.15, 0.2) is 0 Å². The predicted octanol–water partition coefficient (Wildman–Crippen LogP) is 2.65. The third-order valence-electron chi connectivity index (χ3n) is 3.56. The van der Waals surface area contributed by atoms with Gasteiger partial charge in [-0.05, 0) is 12.8 Å². The number of aromatic nitrogens is 2. The van der Waals surface area contributed by atoms with E-state index in [1.807, 2.05) is 19.9 Å². The quantitative estimate of drug-likeness (QED) is 0.924. The summed E-state index contributed by atoms with van der Waals surface area (Å²) < 4.78 is 37.6. The Kier molecular flexibility index (Phi) is 4.17. The summed E-state index contributed by atoms with van der Waals surface area (Å²) in [5.74, 6) is 0.967. The SMILES string of the molecule is CC(C)c1cc(NC2CN([C@@H](C)C(F)(F)F)C2)ncn1. The van der Waals surface area contributed by atoms with Crippen molar-refractivity contribution < 1.29 is 13.2 Å². The van der Waals surface area contributed by atoms with E-state index in [0.717, 1.165) is 5.69 Å². The number of nitrogens with zero attached hydrogens (tertiary/aromatic N) is 3. The van der Waals surface area contributed by atoms with Crippen LogP contribution in [-0.2, 0) is 0 Å². The van der Waals surface area contributed by atoms with Gasteiger partial charge in [-0.15, -0.1) is 0 Å². The average Bonchev–Trinajstić information content (AvgIpc) is 2.31. The first-order valence-electron chi connectivity index (χ1n) is 6.66. The second-order valence-corrected chi connectivity index (χ2v) is 5.50. The summed E-state index contributed by atoms with van der Waals surface area (Å²) >= 11 is 0. The number of anilines is 1. The van der Waals surface area contributed by atoms with Crippen molar-refractivity contribution in [2.24, 2.45) is 0 Å². The van der Waals surface area contributed by atoms with Gasteiger partial charge in [0.1, 0.15) is 18.2 Å². The number of alkyl halides is 3. The van der Waals surface area contributed by atoms with E-state index in [2.05, 4.69) is 15.3 Å². The summed E-state index contributed by atoms with van der Waals surface area (Å²) in [5, 5.41) is 3.15. The second kappa shape index (κ2) is 5.55. The van der Waals surface area contributed by atoms with E-state index in [4.69, 9.17) is 0 Å². The Morgan fingerprint density at radius 3 is 2.45 bits per heavy atom. The standard InChI is InChI=1S/C13H19F3N4/c1-8(2)11-4-12(18-7-17-11)19-10-5-20(6-10)9(3)13(14,15)16/h4,7-10H,5-6H2,1-3H3,(H,17,18,19)/t9-/m0/s1. The molecule has 1 atom stereocenters. The van der Waals surface area contributed by atoms with E-state index in [1.54, 1.807) is 0 Å². The molecule has 0 aliphatic carbocycles. The Bertz CT molecular complexity index is 455. The molecule has 1 saturated heterocycles. The van der Waals surface area contributed by atoms with Crippen LogP contribution < -0.4 is 5.32 Å². The van der Waals surface area contributed by atoms with Gasteiger partial charge in [0.05, 0.1) is 6.04 Å². The van der Waals surface area contributed by atoms with Crippen LogP contribution in [0.3, 0.4) is 0 Å². The maximum Gasteiger partial charge on any atom is 0.403 e. The molecule has 7 heteroatoms. The van der Waals surface area contributed by atoms with Crippen LogP contribution in [-0.4, -0.2) is 46.2 Å². The lowest BCUT2D eigenvalue weighted by molar-refractivity contribution is -0.188. The summed E-state index contributed by atoms with van der Waals surface area (Å²) in [6.45, 7) is 6.01. The van der Waals surface area contributed by atoms with E-state index in [1.165, 1.54) is 18.2 Å². The molecule has 1 aliphatic rings. The molecule has 1 aromatic heterocycles. The summed E-state index contributed by atoms with van der Waals surface area (Å²) in [5.41, 5.74) is 0.919. The number of nitrogens with one attached hydrogen (secondary N) is 1. The van der Waals surface area contributed by atoms with Crippen molar-refractivity contribution >= 4 is 5.82 Å². The third-order valence-corrected chi connectivity index (χ3v) is 3.56. The normalized spacial score (nSPS) is 18.9. The molecule has 0 aromatic carbocycles. The van der Waals surface area contributed by atoms with Gasteiger partial charge in [-0.1, -0.05) is 13.8 Å². The fourth-order valence-corrected chi connectivity index (χ4v) is 2.10. The molecule has 4 nitrogen and oxygen atoms in total. The molecule has 2 rings (SSSR count). The van der Waals surface area contributed by atoms with E-state index in [9.17, 15) is 13.2 Å². The van der Waals surface area contributed by atoms with Gasteiger partial charge >= 0.3 is 6.18 Å². The Balaban J connectivity index is 1.87. The van der Waals surface area contributed by atoms with Crippen molar-refractivity contribution in [1.82, 2.24) is 14.9 Å². The van der Waals surface area contributed by atoms with Crippen LogP contribution in [0, 0.1) is 0 Å². The van der Waals surface area contributed by atoms with Crippen LogP contribution in [0.25, 0.3) is 0 Å². The van der Waals surface area contributed by atoms with Gasteiger partial charge in [-0.25, -0.2) is 9.97 Å². The van der Waals surface area contributed by atoms with Crippen molar-refractivity contribution in [2.75, 3.05) is 18.4 Å². The van der Waals surface area contributed by atoms with Gasteiger partial charge in [-0.3, -0.25) is 4.90 Å². The van der Waals surface area contributed by atoms with E-state index in [-0.39, 0.29) is 6.04 Å². The van der Waals surface area contributed by atoms with Crippen LogP contribution in [0.15, 0.2) is 12.4 Å². The lowest BCUT2D eigenvalue weighted by atomic mass is 10.1. The van der Waals surface area contributed by atoms with Crippen LogP contribution in [0.4, 0.5) is 19.0 Å². The molecule has 0 amide bonds. The fourth-order valence-electron chi connectivity index (χ4n) is 2.10. The maximum atomic E-state index is 12.5. The topological polar surface area (TPSA) is 41.0 Å². The van der Waals surface area contributed by atoms with Gasteiger partial charge < -0.3 is 5.32 Å². The van der Waals surface area contributed by atoms with Crippen molar-refractivity contribution in [1.29, 1.82) is 0 Å². The highest BCUT2D eigenvalue weighted by Gasteiger charge is 2.44. The first kappa shape index (κ1) is 15.0. The number of hydrogen-bond acceptors (Lipinski definition) is 4. The van der Waals surface area contributed by atoms with Crippen LogP contribution in [0.2, 0.25) is 0 Å². The molecular formula is C13H19F3N4. The molecule has 0 saturated carbocycles. The molecule has 1 aromatic rings. The van der Waals surface area contributed by atoms with Crippen molar-refractivity contribution in [3.8, 4) is 0 Å². The van der Waals surface area contributed by atoms with Gasteiger partial charge in [-0.2, -0.15) is 13.2 Å².